The van der Waals surface area contributed by atoms with Crippen LogP contribution in [0.25, 0.3) is 0 Å². The molecule has 0 bridgehead atoms. The Morgan fingerprint density at radius 3 is 1.57 bits per heavy atom. The number of nitrogens with zero attached hydrogens (tertiary/aromatic N) is 1. The Hall–Kier alpha value is -1.41. The van der Waals surface area contributed by atoms with Gasteiger partial charge in [0.05, 0.1) is 11.4 Å². The van der Waals surface area contributed by atoms with Crippen LogP contribution in [0.2, 0.25) is 0 Å². The minimum atomic E-state index is 0.450. The number of rotatable bonds is 1. The minimum absolute atomic E-state index is 0.450. The SMILES string of the molecule is Cc1cc(C)c2c(c1)Sc1cc(C)cc(C)c1N2C(C)C. The van der Waals surface area contributed by atoms with Gasteiger partial charge in [-0.2, -0.15) is 0 Å². The van der Waals surface area contributed by atoms with E-state index in [2.05, 4.69) is 70.7 Å². The summed E-state index contributed by atoms with van der Waals surface area (Å²) in [5.74, 6) is 0. The van der Waals surface area contributed by atoms with Crippen LogP contribution in [0.15, 0.2) is 34.1 Å². The van der Waals surface area contributed by atoms with Gasteiger partial charge in [-0.25, -0.2) is 0 Å². The molecule has 3 rings (SSSR count). The molecule has 0 aliphatic carbocycles. The molecule has 2 heteroatoms. The first-order valence-electron chi connectivity index (χ1n) is 7.58. The van der Waals surface area contributed by atoms with Crippen molar-refractivity contribution in [2.75, 3.05) is 4.90 Å². The standard InChI is InChI=1S/C19H23NS/c1-11(2)20-18-14(5)7-12(3)9-16(18)21-17-10-13(4)8-15(6)19(17)20/h7-11H,1-6H3. The molecule has 2 aromatic rings. The fourth-order valence-electron chi connectivity index (χ4n) is 3.36. The largest absolute Gasteiger partial charge is 0.337 e. The third-order valence-electron chi connectivity index (χ3n) is 4.04. The van der Waals surface area contributed by atoms with E-state index in [0.717, 1.165) is 0 Å². The quantitative estimate of drug-likeness (QED) is 0.641. The average Bonchev–Trinajstić information content (AvgIpc) is 2.35. The second kappa shape index (κ2) is 5.10. The second-order valence-corrected chi connectivity index (χ2v) is 7.51. The first-order chi connectivity index (χ1) is 9.88. The van der Waals surface area contributed by atoms with Crippen LogP contribution in [0.3, 0.4) is 0 Å². The summed E-state index contributed by atoms with van der Waals surface area (Å²) in [7, 11) is 0. The molecule has 0 atom stereocenters. The average molecular weight is 297 g/mol. The van der Waals surface area contributed by atoms with Crippen molar-refractivity contribution in [1.82, 2.24) is 0 Å². The number of fused-ring (bicyclic) bond motifs is 2. The maximum absolute atomic E-state index is 2.52. The Bertz CT molecular complexity index is 658. The highest BCUT2D eigenvalue weighted by Gasteiger charge is 2.28. The van der Waals surface area contributed by atoms with E-state index in [1.807, 2.05) is 11.8 Å². The third-order valence-corrected chi connectivity index (χ3v) is 5.10. The molecule has 2 aromatic carbocycles. The highest BCUT2D eigenvalue weighted by molar-refractivity contribution is 7.99. The van der Waals surface area contributed by atoms with Gasteiger partial charge in [-0.15, -0.1) is 0 Å². The van der Waals surface area contributed by atoms with Gasteiger partial charge in [-0.1, -0.05) is 23.9 Å². The summed E-state index contributed by atoms with van der Waals surface area (Å²) in [5, 5.41) is 0. The van der Waals surface area contributed by atoms with E-state index in [9.17, 15) is 0 Å². The van der Waals surface area contributed by atoms with Crippen molar-refractivity contribution < 1.29 is 0 Å². The van der Waals surface area contributed by atoms with Crippen LogP contribution in [0.5, 0.6) is 0 Å². The number of hydrogen-bond donors (Lipinski definition) is 0. The van der Waals surface area contributed by atoms with E-state index in [1.165, 1.54) is 43.4 Å². The lowest BCUT2D eigenvalue weighted by atomic mass is 10.0. The van der Waals surface area contributed by atoms with Gasteiger partial charge < -0.3 is 4.90 Å². The van der Waals surface area contributed by atoms with Gasteiger partial charge in [0, 0.05) is 15.8 Å². The predicted octanol–water partition coefficient (Wildman–Crippen LogP) is 5.93. The molecule has 1 aliphatic rings. The Kier molecular flexibility index (Phi) is 3.53. The van der Waals surface area contributed by atoms with Gasteiger partial charge in [0.2, 0.25) is 0 Å². The summed E-state index contributed by atoms with van der Waals surface area (Å²) in [6.45, 7) is 13.4. The highest BCUT2D eigenvalue weighted by Crippen LogP contribution is 2.52. The number of benzene rings is 2. The lowest BCUT2D eigenvalue weighted by Crippen LogP contribution is -2.29. The van der Waals surface area contributed by atoms with Crippen LogP contribution >= 0.6 is 11.8 Å². The lowest BCUT2D eigenvalue weighted by molar-refractivity contribution is 0.766. The van der Waals surface area contributed by atoms with Crippen molar-refractivity contribution in [3.8, 4) is 0 Å². The van der Waals surface area contributed by atoms with Crippen molar-refractivity contribution in [2.24, 2.45) is 0 Å². The summed E-state index contributed by atoms with van der Waals surface area (Å²) in [6.07, 6.45) is 0. The topological polar surface area (TPSA) is 3.24 Å². The highest BCUT2D eigenvalue weighted by atomic mass is 32.2. The zero-order valence-electron chi connectivity index (χ0n) is 13.7. The summed E-state index contributed by atoms with van der Waals surface area (Å²) in [6, 6.07) is 9.68. The molecule has 0 amide bonds. The molecule has 1 aliphatic heterocycles. The van der Waals surface area contributed by atoms with Gasteiger partial charge in [0.1, 0.15) is 0 Å². The number of hydrogen-bond acceptors (Lipinski definition) is 2. The van der Waals surface area contributed by atoms with Gasteiger partial charge >= 0.3 is 0 Å². The van der Waals surface area contributed by atoms with Crippen LogP contribution in [0.4, 0.5) is 11.4 Å². The molecule has 1 heterocycles. The van der Waals surface area contributed by atoms with Crippen molar-refractivity contribution >= 4 is 23.1 Å². The Balaban J connectivity index is 2.31. The summed E-state index contributed by atoms with van der Waals surface area (Å²) >= 11 is 1.92. The van der Waals surface area contributed by atoms with E-state index in [0.29, 0.717) is 6.04 Å². The first kappa shape index (κ1) is 14.5. The molecule has 0 unspecified atom stereocenters. The van der Waals surface area contributed by atoms with Crippen LogP contribution in [-0.2, 0) is 0 Å². The third kappa shape index (κ3) is 2.36. The van der Waals surface area contributed by atoms with E-state index >= 15 is 0 Å². The first-order valence-corrected chi connectivity index (χ1v) is 8.39. The Labute approximate surface area is 132 Å². The molecule has 0 N–H and O–H groups in total. The molecule has 1 nitrogen and oxygen atoms in total. The fraction of sp³-hybridized carbons (Fsp3) is 0.368. The fourth-order valence-corrected chi connectivity index (χ4v) is 4.80. The van der Waals surface area contributed by atoms with Gasteiger partial charge in [0.15, 0.2) is 0 Å². The van der Waals surface area contributed by atoms with Crippen LogP contribution < -0.4 is 4.90 Å². The van der Waals surface area contributed by atoms with Crippen molar-refractivity contribution in [3.05, 3.63) is 46.5 Å². The predicted molar refractivity (Wildman–Crippen MR) is 93.2 cm³/mol. The van der Waals surface area contributed by atoms with Crippen molar-refractivity contribution in [2.45, 2.75) is 57.4 Å². The smallest absolute Gasteiger partial charge is 0.0585 e. The van der Waals surface area contributed by atoms with Crippen LogP contribution in [0, 0.1) is 27.7 Å². The lowest BCUT2D eigenvalue weighted by Gasteiger charge is -2.38. The van der Waals surface area contributed by atoms with E-state index in [1.54, 1.807) is 0 Å². The van der Waals surface area contributed by atoms with Crippen LogP contribution in [-0.4, -0.2) is 6.04 Å². The maximum atomic E-state index is 2.52. The van der Waals surface area contributed by atoms with Gasteiger partial charge in [-0.3, -0.25) is 0 Å². The molecule has 0 spiro atoms. The van der Waals surface area contributed by atoms with Gasteiger partial charge in [-0.05, 0) is 75.9 Å². The van der Waals surface area contributed by atoms with E-state index in [-0.39, 0.29) is 0 Å². The Morgan fingerprint density at radius 2 is 1.19 bits per heavy atom. The Morgan fingerprint density at radius 1 is 0.762 bits per heavy atom. The van der Waals surface area contributed by atoms with E-state index in [4.69, 9.17) is 0 Å². The van der Waals surface area contributed by atoms with Gasteiger partial charge in [0.25, 0.3) is 0 Å². The zero-order chi connectivity index (χ0) is 15.3. The summed E-state index contributed by atoms with van der Waals surface area (Å²) in [4.78, 5) is 5.29. The molecular formula is C19H23NS. The number of aryl methyl sites for hydroxylation is 4. The number of anilines is 2. The summed E-state index contributed by atoms with van der Waals surface area (Å²) < 4.78 is 0. The molecular weight excluding hydrogens is 274 g/mol. The molecule has 0 fully saturated rings. The van der Waals surface area contributed by atoms with Crippen LogP contribution in [0.1, 0.15) is 36.1 Å². The monoisotopic (exact) mass is 297 g/mol. The van der Waals surface area contributed by atoms with Crippen molar-refractivity contribution in [1.29, 1.82) is 0 Å². The molecule has 0 saturated heterocycles. The summed E-state index contributed by atoms with van der Waals surface area (Å²) in [5.41, 5.74) is 8.21. The van der Waals surface area contributed by atoms with E-state index < -0.39 is 0 Å². The minimum Gasteiger partial charge on any atom is -0.337 e. The molecule has 110 valence electrons. The molecule has 0 radical (unpaired) electrons. The molecule has 0 aromatic heterocycles. The second-order valence-electron chi connectivity index (χ2n) is 6.42. The van der Waals surface area contributed by atoms with Crippen molar-refractivity contribution in [3.63, 3.8) is 0 Å². The molecule has 21 heavy (non-hydrogen) atoms. The molecule has 0 saturated carbocycles. The maximum Gasteiger partial charge on any atom is 0.0585 e. The zero-order valence-corrected chi connectivity index (χ0v) is 14.6. The normalized spacial score (nSPS) is 13.4.